The van der Waals surface area contributed by atoms with E-state index in [1.807, 2.05) is 0 Å². The van der Waals surface area contributed by atoms with E-state index < -0.39 is 18.5 Å². The van der Waals surface area contributed by atoms with Crippen molar-refractivity contribution < 1.29 is 14.3 Å². The molecule has 15 heavy (non-hydrogen) atoms. The molecule has 0 radical (unpaired) electrons. The van der Waals surface area contributed by atoms with Gasteiger partial charge in [-0.25, -0.2) is 0 Å². The van der Waals surface area contributed by atoms with Crippen LogP contribution >= 0.6 is 11.6 Å². The van der Waals surface area contributed by atoms with Crippen LogP contribution in [0.5, 0.6) is 0 Å². The van der Waals surface area contributed by atoms with Crippen molar-refractivity contribution in [3.05, 3.63) is 34.9 Å². The number of rotatable bonds is 4. The molecule has 0 aliphatic rings. The molecule has 80 valence electrons. The molecule has 0 fully saturated rings. The highest BCUT2D eigenvalue weighted by atomic mass is 35.5. The molecule has 0 bridgehead atoms. The van der Waals surface area contributed by atoms with Gasteiger partial charge in [-0.1, -0.05) is 29.8 Å². The quantitative estimate of drug-likeness (QED) is 0.778. The second-order valence-corrected chi connectivity index (χ2v) is 3.30. The summed E-state index contributed by atoms with van der Waals surface area (Å²) >= 11 is 5.83. The number of hydrogen-bond acceptors (Lipinski definition) is 3. The minimum atomic E-state index is -0.678. The third kappa shape index (κ3) is 3.99. The van der Waals surface area contributed by atoms with E-state index in [1.165, 1.54) is 0 Å². The molecular weight excluding hydrogens is 218 g/mol. The number of carbonyl (C=O) groups excluding carboxylic acids is 2. The number of benzene rings is 1. The third-order valence-corrected chi connectivity index (χ3v) is 2.04. The number of hydrogen-bond donors (Lipinski definition) is 1. The summed E-state index contributed by atoms with van der Waals surface area (Å²) in [5, 5.41) is 0.494. The van der Waals surface area contributed by atoms with Gasteiger partial charge in [0.05, 0.1) is 6.42 Å². The SMILES string of the molecule is NC(=O)COC(=O)Cc1ccccc1Cl. The van der Waals surface area contributed by atoms with Crippen LogP contribution in [0.1, 0.15) is 5.56 Å². The number of halogens is 1. The van der Waals surface area contributed by atoms with Crippen LogP contribution in [0.3, 0.4) is 0 Å². The predicted molar refractivity (Wildman–Crippen MR) is 55.3 cm³/mol. The van der Waals surface area contributed by atoms with Gasteiger partial charge in [0.25, 0.3) is 5.91 Å². The molecule has 0 aromatic heterocycles. The minimum Gasteiger partial charge on any atom is -0.455 e. The van der Waals surface area contributed by atoms with Gasteiger partial charge in [-0.05, 0) is 11.6 Å². The van der Waals surface area contributed by atoms with Crippen molar-refractivity contribution in [3.8, 4) is 0 Å². The molecule has 5 heteroatoms. The van der Waals surface area contributed by atoms with Gasteiger partial charge in [0.15, 0.2) is 6.61 Å². The highest BCUT2D eigenvalue weighted by Crippen LogP contribution is 2.15. The number of esters is 1. The van der Waals surface area contributed by atoms with Crippen molar-refractivity contribution in [1.29, 1.82) is 0 Å². The normalized spacial score (nSPS) is 9.67. The Hall–Kier alpha value is -1.55. The fourth-order valence-electron chi connectivity index (χ4n) is 1.000. The van der Waals surface area contributed by atoms with Crippen LogP contribution in [0.2, 0.25) is 5.02 Å². The monoisotopic (exact) mass is 227 g/mol. The lowest BCUT2D eigenvalue weighted by molar-refractivity contribution is -0.147. The highest BCUT2D eigenvalue weighted by molar-refractivity contribution is 6.31. The third-order valence-electron chi connectivity index (χ3n) is 1.67. The molecule has 1 aromatic carbocycles. The average molecular weight is 228 g/mol. The second-order valence-electron chi connectivity index (χ2n) is 2.90. The summed E-state index contributed by atoms with van der Waals surface area (Å²) in [6, 6.07) is 6.93. The maximum Gasteiger partial charge on any atom is 0.310 e. The Morgan fingerprint density at radius 2 is 2.00 bits per heavy atom. The van der Waals surface area contributed by atoms with E-state index in [9.17, 15) is 9.59 Å². The topological polar surface area (TPSA) is 69.4 Å². The van der Waals surface area contributed by atoms with Crippen molar-refractivity contribution >= 4 is 23.5 Å². The molecule has 0 heterocycles. The fourth-order valence-corrected chi connectivity index (χ4v) is 1.20. The maximum absolute atomic E-state index is 11.2. The van der Waals surface area contributed by atoms with Crippen LogP contribution in [0.4, 0.5) is 0 Å². The molecule has 0 saturated heterocycles. The Bertz CT molecular complexity index is 379. The zero-order valence-electron chi connectivity index (χ0n) is 7.90. The standard InChI is InChI=1S/C10H10ClNO3/c11-8-4-2-1-3-7(8)5-10(14)15-6-9(12)13/h1-4H,5-6H2,(H2,12,13). The van der Waals surface area contributed by atoms with Crippen molar-refractivity contribution in [3.63, 3.8) is 0 Å². The largest absolute Gasteiger partial charge is 0.455 e. The van der Waals surface area contributed by atoms with Crippen molar-refractivity contribution in [2.24, 2.45) is 5.73 Å². The van der Waals surface area contributed by atoms with Crippen molar-refractivity contribution in [1.82, 2.24) is 0 Å². The van der Waals surface area contributed by atoms with E-state index in [-0.39, 0.29) is 6.42 Å². The summed E-state index contributed by atoms with van der Waals surface area (Å²) in [5.74, 6) is -1.20. The maximum atomic E-state index is 11.2. The molecule has 1 rings (SSSR count). The molecule has 0 saturated carbocycles. The van der Waals surface area contributed by atoms with Crippen molar-refractivity contribution in [2.75, 3.05) is 6.61 Å². The molecule has 0 aliphatic heterocycles. The van der Waals surface area contributed by atoms with Gasteiger partial charge in [-0.15, -0.1) is 0 Å². The molecule has 1 amide bonds. The van der Waals surface area contributed by atoms with Gasteiger partial charge in [-0.3, -0.25) is 9.59 Å². The first-order chi connectivity index (χ1) is 7.09. The summed E-state index contributed by atoms with van der Waals surface area (Å²) in [7, 11) is 0. The summed E-state index contributed by atoms with van der Waals surface area (Å²) in [6.45, 7) is -0.400. The first-order valence-electron chi connectivity index (χ1n) is 4.27. The Morgan fingerprint density at radius 1 is 1.33 bits per heavy atom. The number of carbonyl (C=O) groups is 2. The summed E-state index contributed by atoms with van der Waals surface area (Å²) in [5.41, 5.74) is 5.48. The Labute approximate surface area is 92.0 Å². The Balaban J connectivity index is 2.52. The molecule has 0 atom stereocenters. The predicted octanol–water partition coefficient (Wildman–Crippen LogP) is 0.911. The molecular formula is C10H10ClNO3. The van der Waals surface area contributed by atoms with E-state index in [0.717, 1.165) is 0 Å². The zero-order valence-corrected chi connectivity index (χ0v) is 8.66. The van der Waals surface area contributed by atoms with Gasteiger partial charge in [-0.2, -0.15) is 0 Å². The van der Waals surface area contributed by atoms with Crippen LogP contribution in [0.25, 0.3) is 0 Å². The fraction of sp³-hybridized carbons (Fsp3) is 0.200. The van der Waals surface area contributed by atoms with Gasteiger partial charge in [0.1, 0.15) is 0 Å². The summed E-state index contributed by atoms with van der Waals surface area (Å²) in [4.78, 5) is 21.5. The number of ether oxygens (including phenoxy) is 1. The molecule has 4 nitrogen and oxygen atoms in total. The Kier molecular flexibility index (Phi) is 4.12. The number of amides is 1. The van der Waals surface area contributed by atoms with E-state index in [4.69, 9.17) is 17.3 Å². The zero-order chi connectivity index (χ0) is 11.3. The van der Waals surface area contributed by atoms with Gasteiger partial charge >= 0.3 is 5.97 Å². The van der Waals surface area contributed by atoms with E-state index in [2.05, 4.69) is 4.74 Å². The lowest BCUT2D eigenvalue weighted by Gasteiger charge is -2.03. The van der Waals surface area contributed by atoms with E-state index >= 15 is 0 Å². The second kappa shape index (κ2) is 5.36. The minimum absolute atomic E-state index is 0.0347. The van der Waals surface area contributed by atoms with Crippen LogP contribution in [-0.2, 0) is 20.7 Å². The lowest BCUT2D eigenvalue weighted by Crippen LogP contribution is -2.21. The van der Waals surface area contributed by atoms with Crippen LogP contribution in [0.15, 0.2) is 24.3 Å². The molecule has 0 unspecified atom stereocenters. The van der Waals surface area contributed by atoms with Crippen molar-refractivity contribution in [2.45, 2.75) is 6.42 Å². The van der Waals surface area contributed by atoms with Crippen LogP contribution in [0, 0.1) is 0 Å². The first-order valence-corrected chi connectivity index (χ1v) is 4.64. The van der Waals surface area contributed by atoms with Gasteiger partial charge in [0, 0.05) is 5.02 Å². The highest BCUT2D eigenvalue weighted by Gasteiger charge is 2.08. The molecule has 2 N–H and O–H groups in total. The van der Waals surface area contributed by atoms with Gasteiger partial charge < -0.3 is 10.5 Å². The lowest BCUT2D eigenvalue weighted by atomic mass is 10.1. The van der Waals surface area contributed by atoms with Crippen LogP contribution < -0.4 is 5.73 Å². The number of primary amides is 1. The first kappa shape index (κ1) is 11.5. The van der Waals surface area contributed by atoms with Gasteiger partial charge in [0.2, 0.25) is 0 Å². The van der Waals surface area contributed by atoms with Crippen LogP contribution in [-0.4, -0.2) is 18.5 Å². The molecule has 0 spiro atoms. The number of nitrogens with two attached hydrogens (primary N) is 1. The van der Waals surface area contributed by atoms with E-state index in [0.29, 0.717) is 10.6 Å². The Morgan fingerprint density at radius 3 is 2.60 bits per heavy atom. The average Bonchev–Trinajstić information content (AvgIpc) is 2.18. The summed E-state index contributed by atoms with van der Waals surface area (Å²) < 4.78 is 4.59. The van der Waals surface area contributed by atoms with E-state index in [1.54, 1.807) is 24.3 Å². The smallest absolute Gasteiger partial charge is 0.310 e. The molecule has 1 aromatic rings. The summed E-state index contributed by atoms with van der Waals surface area (Å²) in [6.07, 6.45) is 0.0347. The molecule has 0 aliphatic carbocycles.